The van der Waals surface area contributed by atoms with Gasteiger partial charge in [0.2, 0.25) is 0 Å². The first kappa shape index (κ1) is 16.2. The molecule has 1 aromatic heterocycles. The van der Waals surface area contributed by atoms with Gasteiger partial charge in [-0.15, -0.1) is 11.8 Å². The quantitative estimate of drug-likeness (QED) is 0.615. The van der Waals surface area contributed by atoms with Crippen molar-refractivity contribution in [3.8, 4) is 0 Å². The average molecular weight is 303 g/mol. The summed E-state index contributed by atoms with van der Waals surface area (Å²) in [6.45, 7) is 6.98. The van der Waals surface area contributed by atoms with Crippen LogP contribution in [0.4, 0.5) is 5.82 Å². The molecule has 0 aromatic carbocycles. The van der Waals surface area contributed by atoms with Crippen molar-refractivity contribution in [3.05, 3.63) is 11.9 Å². The molecule has 108 valence electrons. The molecule has 1 N–H and O–H groups in total. The second-order valence-corrected chi connectivity index (χ2v) is 7.95. The highest BCUT2D eigenvalue weighted by molar-refractivity contribution is 8.00. The van der Waals surface area contributed by atoms with Crippen LogP contribution in [0.2, 0.25) is 0 Å². The highest BCUT2D eigenvalue weighted by Crippen LogP contribution is 2.31. The van der Waals surface area contributed by atoms with Gasteiger partial charge in [-0.25, -0.2) is 18.4 Å². The number of thioether (sulfide) groups is 1. The molecule has 0 radical (unpaired) electrons. The Morgan fingerprint density at radius 1 is 1.37 bits per heavy atom. The first-order valence-corrected chi connectivity index (χ1v) is 9.29. The van der Waals surface area contributed by atoms with Gasteiger partial charge in [0.15, 0.2) is 0 Å². The maximum atomic E-state index is 11.2. The van der Waals surface area contributed by atoms with Gasteiger partial charge in [-0.1, -0.05) is 13.8 Å². The van der Waals surface area contributed by atoms with E-state index >= 15 is 0 Å². The van der Waals surface area contributed by atoms with E-state index in [2.05, 4.69) is 29.1 Å². The van der Waals surface area contributed by atoms with E-state index in [1.807, 2.05) is 6.92 Å². The zero-order valence-corrected chi connectivity index (χ0v) is 13.4. The summed E-state index contributed by atoms with van der Waals surface area (Å²) in [7, 11) is -2.93. The standard InChI is InChI=1S/C12H21N3O2S2/c1-5-13-11-10(9(2)3)12(15-8-14-11)18-6-7-19(4,16)17/h8-9H,5-7H2,1-4H3,(H,13,14,15). The van der Waals surface area contributed by atoms with E-state index in [-0.39, 0.29) is 11.7 Å². The summed E-state index contributed by atoms with van der Waals surface area (Å²) >= 11 is 1.47. The molecule has 0 unspecified atom stereocenters. The number of anilines is 1. The molecule has 1 heterocycles. The number of rotatable bonds is 7. The van der Waals surface area contributed by atoms with E-state index in [0.717, 1.165) is 23.0 Å². The van der Waals surface area contributed by atoms with Crippen molar-refractivity contribution in [2.75, 3.05) is 29.6 Å². The van der Waals surface area contributed by atoms with Crippen LogP contribution in [-0.4, -0.2) is 42.7 Å². The molecule has 0 aliphatic rings. The van der Waals surface area contributed by atoms with Gasteiger partial charge in [0.1, 0.15) is 27.0 Å². The largest absolute Gasteiger partial charge is 0.370 e. The molecule has 19 heavy (non-hydrogen) atoms. The first-order valence-electron chi connectivity index (χ1n) is 6.24. The van der Waals surface area contributed by atoms with Gasteiger partial charge < -0.3 is 5.32 Å². The summed E-state index contributed by atoms with van der Waals surface area (Å²) in [6, 6.07) is 0. The Balaban J connectivity index is 2.90. The molecule has 7 heteroatoms. The number of sulfone groups is 1. The third-order valence-electron chi connectivity index (χ3n) is 2.46. The second-order valence-electron chi connectivity index (χ2n) is 4.60. The van der Waals surface area contributed by atoms with Crippen LogP contribution in [0.5, 0.6) is 0 Å². The molecule has 0 fully saturated rings. The van der Waals surface area contributed by atoms with Gasteiger partial charge in [0, 0.05) is 24.1 Å². The third kappa shape index (κ3) is 5.36. The minimum absolute atomic E-state index is 0.162. The maximum absolute atomic E-state index is 11.2. The fourth-order valence-electron chi connectivity index (χ4n) is 1.61. The van der Waals surface area contributed by atoms with Crippen LogP contribution in [0.25, 0.3) is 0 Å². The topological polar surface area (TPSA) is 72.0 Å². The van der Waals surface area contributed by atoms with Crippen molar-refractivity contribution >= 4 is 27.4 Å². The smallest absolute Gasteiger partial charge is 0.148 e. The molecule has 1 aromatic rings. The van der Waals surface area contributed by atoms with Gasteiger partial charge >= 0.3 is 0 Å². The summed E-state index contributed by atoms with van der Waals surface area (Å²) in [6.07, 6.45) is 2.77. The Bertz CT molecular complexity index is 516. The molecule has 0 amide bonds. The minimum atomic E-state index is -2.93. The van der Waals surface area contributed by atoms with Crippen LogP contribution >= 0.6 is 11.8 Å². The van der Waals surface area contributed by atoms with Crippen LogP contribution in [0.3, 0.4) is 0 Å². The van der Waals surface area contributed by atoms with Crippen molar-refractivity contribution in [1.29, 1.82) is 0 Å². The fourth-order valence-corrected chi connectivity index (χ4v) is 3.96. The SMILES string of the molecule is CCNc1ncnc(SCCS(C)(=O)=O)c1C(C)C. The summed E-state index contributed by atoms with van der Waals surface area (Å²) in [5.74, 6) is 1.81. The second kappa shape index (κ2) is 7.09. The maximum Gasteiger partial charge on any atom is 0.148 e. The molecule has 0 saturated carbocycles. The molecular formula is C12H21N3O2S2. The van der Waals surface area contributed by atoms with Crippen LogP contribution in [-0.2, 0) is 9.84 Å². The molecular weight excluding hydrogens is 282 g/mol. The number of hydrogen-bond donors (Lipinski definition) is 1. The van der Waals surface area contributed by atoms with E-state index in [0.29, 0.717) is 5.75 Å². The van der Waals surface area contributed by atoms with Gasteiger partial charge in [-0.2, -0.15) is 0 Å². The lowest BCUT2D eigenvalue weighted by molar-refractivity contribution is 0.603. The predicted molar refractivity (Wildman–Crippen MR) is 80.7 cm³/mol. The Morgan fingerprint density at radius 2 is 2.05 bits per heavy atom. The van der Waals surface area contributed by atoms with Crippen LogP contribution in [0.1, 0.15) is 32.3 Å². The van der Waals surface area contributed by atoms with E-state index in [1.54, 1.807) is 0 Å². The van der Waals surface area contributed by atoms with Crippen molar-refractivity contribution in [2.24, 2.45) is 0 Å². The highest BCUT2D eigenvalue weighted by Gasteiger charge is 2.15. The minimum Gasteiger partial charge on any atom is -0.370 e. The molecule has 5 nitrogen and oxygen atoms in total. The summed E-state index contributed by atoms with van der Waals surface area (Å²) in [5.41, 5.74) is 1.06. The molecule has 0 aliphatic carbocycles. The molecule has 0 bridgehead atoms. The lowest BCUT2D eigenvalue weighted by Crippen LogP contribution is -2.09. The fraction of sp³-hybridized carbons (Fsp3) is 0.667. The Morgan fingerprint density at radius 3 is 2.58 bits per heavy atom. The van der Waals surface area contributed by atoms with E-state index in [4.69, 9.17) is 0 Å². The van der Waals surface area contributed by atoms with Crippen LogP contribution in [0, 0.1) is 0 Å². The number of aromatic nitrogens is 2. The zero-order chi connectivity index (χ0) is 14.5. The van der Waals surface area contributed by atoms with E-state index in [9.17, 15) is 8.42 Å². The Labute approximate surface area is 119 Å². The lowest BCUT2D eigenvalue weighted by Gasteiger charge is -2.15. The predicted octanol–water partition coefficient (Wildman–Crippen LogP) is 2.17. The zero-order valence-electron chi connectivity index (χ0n) is 11.8. The van der Waals surface area contributed by atoms with Crippen molar-refractivity contribution in [3.63, 3.8) is 0 Å². The number of hydrogen-bond acceptors (Lipinski definition) is 6. The summed E-state index contributed by atoms with van der Waals surface area (Å²) in [4.78, 5) is 8.53. The molecule has 0 atom stereocenters. The van der Waals surface area contributed by atoms with Crippen molar-refractivity contribution in [1.82, 2.24) is 9.97 Å². The molecule has 0 aliphatic heterocycles. The molecule has 0 saturated heterocycles. The monoisotopic (exact) mass is 303 g/mol. The van der Waals surface area contributed by atoms with Gasteiger partial charge in [-0.05, 0) is 12.8 Å². The number of nitrogens with zero attached hydrogens (tertiary/aromatic N) is 2. The average Bonchev–Trinajstić information content (AvgIpc) is 2.27. The van der Waals surface area contributed by atoms with Crippen molar-refractivity contribution < 1.29 is 8.42 Å². The highest BCUT2D eigenvalue weighted by atomic mass is 32.2. The number of nitrogens with one attached hydrogen (secondary N) is 1. The van der Waals surface area contributed by atoms with Gasteiger partial charge in [-0.3, -0.25) is 0 Å². The van der Waals surface area contributed by atoms with E-state index in [1.165, 1.54) is 24.3 Å². The van der Waals surface area contributed by atoms with Crippen molar-refractivity contribution in [2.45, 2.75) is 31.7 Å². The third-order valence-corrected chi connectivity index (χ3v) is 4.67. The molecule has 0 spiro atoms. The Kier molecular flexibility index (Phi) is 6.06. The lowest BCUT2D eigenvalue weighted by atomic mass is 10.1. The first-order chi connectivity index (χ1) is 8.85. The molecule has 1 rings (SSSR count). The summed E-state index contributed by atoms with van der Waals surface area (Å²) < 4.78 is 22.3. The van der Waals surface area contributed by atoms with Gasteiger partial charge in [0.25, 0.3) is 0 Å². The summed E-state index contributed by atoms with van der Waals surface area (Å²) in [5, 5.41) is 4.09. The Hall–Kier alpha value is -0.820. The van der Waals surface area contributed by atoms with Gasteiger partial charge in [0.05, 0.1) is 5.75 Å². The van der Waals surface area contributed by atoms with E-state index < -0.39 is 9.84 Å². The normalized spacial score (nSPS) is 11.8. The van der Waals surface area contributed by atoms with Crippen LogP contribution < -0.4 is 5.32 Å². The van der Waals surface area contributed by atoms with Crippen LogP contribution in [0.15, 0.2) is 11.4 Å².